The molecule has 4 heterocycles. The molecule has 282 valence electrons. The van der Waals surface area contributed by atoms with Gasteiger partial charge in [0.1, 0.15) is 11.6 Å². The molecule has 0 fully saturated rings. The number of fused-ring (bicyclic) bond motifs is 12. The molecule has 13 aromatic rings. The number of benzene rings is 9. The lowest BCUT2D eigenvalue weighted by atomic mass is 10.0. The van der Waals surface area contributed by atoms with Crippen molar-refractivity contribution in [1.82, 2.24) is 8.80 Å². The number of para-hydroxylation sites is 4. The van der Waals surface area contributed by atoms with Crippen molar-refractivity contribution in [3.8, 4) is 0 Å². The van der Waals surface area contributed by atoms with Gasteiger partial charge in [-0.25, -0.2) is 8.78 Å². The van der Waals surface area contributed by atoms with E-state index in [-0.39, 0.29) is 11.4 Å². The smallest absolute Gasteiger partial charge is 0.123 e. The summed E-state index contributed by atoms with van der Waals surface area (Å²) in [5.41, 5.74) is 6.85. The summed E-state index contributed by atoms with van der Waals surface area (Å²) in [6.07, 6.45) is 0. The summed E-state index contributed by atoms with van der Waals surface area (Å²) in [5, 5.41) is 6.81. The van der Waals surface area contributed by atoms with Crippen LogP contribution in [0, 0.1) is 11.6 Å². The van der Waals surface area contributed by atoms with Crippen LogP contribution in [0.25, 0.3) is 76.2 Å². The van der Waals surface area contributed by atoms with Crippen LogP contribution in [0.2, 0.25) is 0 Å². The van der Waals surface area contributed by atoms with Gasteiger partial charge in [-0.05, 0) is 109 Å². The number of halogens is 2. The lowest BCUT2D eigenvalue weighted by molar-refractivity contribution is 0.627. The number of hydrogen-bond acceptors (Lipinski definition) is 2. The molecule has 60 heavy (non-hydrogen) atoms. The Morgan fingerprint density at radius 3 is 1.18 bits per heavy atom. The Labute approximate surface area is 356 Å². The van der Waals surface area contributed by atoms with Crippen LogP contribution in [0.15, 0.2) is 194 Å². The first-order valence-electron chi connectivity index (χ1n) is 24.3. The van der Waals surface area contributed by atoms with Crippen LogP contribution in [0.5, 0.6) is 0 Å². The number of rotatable bonds is 6. The van der Waals surface area contributed by atoms with Crippen molar-refractivity contribution in [2.75, 3.05) is 9.80 Å². The molecule has 0 bridgehead atoms. The zero-order valence-electron chi connectivity index (χ0n) is 41.2. The normalized spacial score (nSPS) is 14.5. The second kappa shape index (κ2) is 12.3. The first-order chi connectivity index (χ1) is 33.8. The zero-order valence-corrected chi connectivity index (χ0v) is 31.2. The molecular weight excluding hydrogens is 743 g/mol. The Kier molecular flexibility index (Phi) is 5.06. The van der Waals surface area contributed by atoms with E-state index in [0.29, 0.717) is 22.7 Å². The Morgan fingerprint density at radius 1 is 0.367 bits per heavy atom. The third kappa shape index (κ3) is 4.47. The van der Waals surface area contributed by atoms with Crippen LogP contribution < -0.4 is 9.80 Å². The van der Waals surface area contributed by atoms with Gasteiger partial charge in [0.05, 0.1) is 58.2 Å². The van der Waals surface area contributed by atoms with Crippen molar-refractivity contribution in [3.63, 3.8) is 0 Å². The highest BCUT2D eigenvalue weighted by Gasteiger charge is 2.27. The van der Waals surface area contributed by atoms with Crippen LogP contribution in [-0.4, -0.2) is 8.80 Å². The minimum absolute atomic E-state index is 0.0803. The minimum atomic E-state index is -0.527. The number of anilines is 6. The van der Waals surface area contributed by atoms with Crippen molar-refractivity contribution in [3.05, 3.63) is 206 Å². The van der Waals surface area contributed by atoms with Gasteiger partial charge < -0.3 is 18.6 Å². The molecule has 9 aromatic carbocycles. The van der Waals surface area contributed by atoms with Crippen molar-refractivity contribution >= 4 is 110 Å². The standard InChI is InChI=1S/C54H32F2N4/c55-33-19-23-37(24-20-33)57(35-11-3-1-4-12-35)47-29-27-39-43-31-50-44(32-49(43)59-45-17-9-7-15-41(45)51(47)53(39)59)40-28-30-48(52-42-16-8-10-18-46(42)60(50)54(40)52)58(36-13-5-2-6-14-36)38-25-21-34(56)22-26-38/h1-32H/i1D,2D,3D,4D,5D,6D,11D,12D,13D,14D. The maximum absolute atomic E-state index is 14.5. The van der Waals surface area contributed by atoms with E-state index in [9.17, 15) is 8.78 Å². The molecule has 0 N–H and O–H groups in total. The fourth-order valence-corrected chi connectivity index (χ4v) is 9.51. The highest BCUT2D eigenvalue weighted by Crippen LogP contribution is 2.51. The van der Waals surface area contributed by atoms with E-state index in [1.54, 1.807) is 9.80 Å². The second-order valence-corrected chi connectivity index (χ2v) is 14.9. The van der Waals surface area contributed by atoms with Crippen LogP contribution in [0.4, 0.5) is 42.9 Å². The largest absolute Gasteiger partial charge is 0.310 e. The molecule has 0 atom stereocenters. The van der Waals surface area contributed by atoms with Gasteiger partial charge in [0, 0.05) is 65.8 Å². The molecule has 0 aliphatic carbocycles. The number of aromatic nitrogens is 2. The van der Waals surface area contributed by atoms with Gasteiger partial charge in [0.25, 0.3) is 0 Å². The average molecular weight is 785 g/mol. The number of nitrogens with zero attached hydrogens (tertiary/aromatic N) is 4. The highest BCUT2D eigenvalue weighted by atomic mass is 19.1. The molecule has 0 saturated carbocycles. The monoisotopic (exact) mass is 784 g/mol. The Balaban J connectivity index is 1.13. The molecular formula is C54H32F2N4. The third-order valence-corrected chi connectivity index (χ3v) is 11.8. The molecule has 0 radical (unpaired) electrons. The van der Waals surface area contributed by atoms with Gasteiger partial charge in [-0.2, -0.15) is 0 Å². The molecule has 13 rings (SSSR count). The van der Waals surface area contributed by atoms with Gasteiger partial charge in [0.2, 0.25) is 0 Å². The van der Waals surface area contributed by atoms with Crippen molar-refractivity contribution in [2.45, 2.75) is 0 Å². The highest BCUT2D eigenvalue weighted by molar-refractivity contribution is 6.32. The van der Waals surface area contributed by atoms with E-state index in [1.165, 1.54) is 48.5 Å². The van der Waals surface area contributed by atoms with E-state index in [4.69, 9.17) is 13.7 Å². The number of hydrogen-bond donors (Lipinski definition) is 0. The van der Waals surface area contributed by atoms with Gasteiger partial charge in [0.15, 0.2) is 0 Å². The first kappa shape index (κ1) is 24.7. The van der Waals surface area contributed by atoms with Gasteiger partial charge in [-0.1, -0.05) is 84.8 Å². The van der Waals surface area contributed by atoms with Gasteiger partial charge in [-0.15, -0.1) is 0 Å². The molecule has 4 aromatic heterocycles. The van der Waals surface area contributed by atoms with Crippen LogP contribution in [-0.2, 0) is 0 Å². The molecule has 6 heteroatoms. The second-order valence-electron chi connectivity index (χ2n) is 14.9. The third-order valence-electron chi connectivity index (χ3n) is 11.8. The summed E-state index contributed by atoms with van der Waals surface area (Å²) < 4.78 is 121. The first-order valence-corrected chi connectivity index (χ1v) is 19.3. The molecule has 0 aliphatic rings. The molecule has 0 aliphatic heterocycles. The molecule has 4 nitrogen and oxygen atoms in total. The van der Waals surface area contributed by atoms with Gasteiger partial charge >= 0.3 is 0 Å². The summed E-state index contributed by atoms with van der Waals surface area (Å²) in [6.45, 7) is 0. The Bertz CT molecular complexity index is 4060. The van der Waals surface area contributed by atoms with Crippen molar-refractivity contribution < 1.29 is 22.5 Å². The summed E-state index contributed by atoms with van der Waals surface area (Å²) in [7, 11) is 0. The Hall–Kier alpha value is -7.96. The van der Waals surface area contributed by atoms with E-state index in [1.807, 2.05) is 72.8 Å². The molecule has 0 unspecified atom stereocenters. The average Bonchev–Trinajstić information content (AvgIpc) is 4.10. The zero-order chi connectivity index (χ0) is 48.3. The van der Waals surface area contributed by atoms with E-state index in [2.05, 4.69) is 20.9 Å². The fraction of sp³-hybridized carbons (Fsp3) is 0. The maximum atomic E-state index is 14.5. The SMILES string of the molecule is [2H]c1c([2H])c([2H])c(N(c2ccc(F)cc2)c2ccc3c4cc5c(cc4n4c6ccccc6c2c34)c2ccc(N(c3ccc(F)cc3)c3c([2H])c([2H])c([2H])c([2H])c3[2H])c3c4ccccc4n5c23)c([2H])c1[2H]. The lowest BCUT2D eigenvalue weighted by Gasteiger charge is -2.26. The minimum Gasteiger partial charge on any atom is -0.310 e. The van der Waals surface area contributed by atoms with E-state index < -0.39 is 72.1 Å². The summed E-state index contributed by atoms with van der Waals surface area (Å²) in [5.74, 6) is -0.985. The van der Waals surface area contributed by atoms with Crippen molar-refractivity contribution in [2.24, 2.45) is 0 Å². The predicted molar refractivity (Wildman–Crippen MR) is 245 cm³/mol. The topological polar surface area (TPSA) is 15.3 Å². The molecule has 0 spiro atoms. The quantitative estimate of drug-likeness (QED) is 0.167. The maximum Gasteiger partial charge on any atom is 0.123 e. The van der Waals surface area contributed by atoms with E-state index >= 15 is 0 Å². The predicted octanol–water partition coefficient (Wildman–Crippen LogP) is 15.2. The lowest BCUT2D eigenvalue weighted by Crippen LogP contribution is -2.10. The molecule has 0 amide bonds. The van der Waals surface area contributed by atoms with Crippen LogP contribution >= 0.6 is 0 Å². The van der Waals surface area contributed by atoms with Crippen molar-refractivity contribution in [1.29, 1.82) is 0 Å². The van der Waals surface area contributed by atoms with Gasteiger partial charge in [-0.3, -0.25) is 0 Å². The summed E-state index contributed by atoms with van der Waals surface area (Å²) in [6, 6.07) is 34.4. The van der Waals surface area contributed by atoms with Crippen LogP contribution in [0.3, 0.4) is 0 Å². The van der Waals surface area contributed by atoms with E-state index in [0.717, 1.165) is 76.2 Å². The fourth-order valence-electron chi connectivity index (χ4n) is 9.51. The summed E-state index contributed by atoms with van der Waals surface area (Å²) in [4.78, 5) is 3.24. The Morgan fingerprint density at radius 2 is 0.767 bits per heavy atom. The van der Waals surface area contributed by atoms with Crippen LogP contribution in [0.1, 0.15) is 13.7 Å². The summed E-state index contributed by atoms with van der Waals surface area (Å²) >= 11 is 0. The molecule has 0 saturated heterocycles.